The average Bonchev–Trinajstić information content (AvgIpc) is 3.33. The minimum Gasteiger partial charge on any atom is -0.478 e. The molecule has 1 fully saturated rings. The maximum Gasteiger partial charge on any atom is 0.335 e. The molecule has 1 aromatic heterocycles. The lowest BCUT2D eigenvalue weighted by Crippen LogP contribution is -2.49. The van der Waals surface area contributed by atoms with Crippen molar-refractivity contribution in [3.05, 3.63) is 82.5 Å². The zero-order valence-corrected chi connectivity index (χ0v) is 23.3. The Kier molecular flexibility index (Phi) is 8.58. The number of ether oxygens (including phenoxy) is 2. The number of aliphatic hydroxyl groups is 1. The monoisotopic (exact) mass is 565 g/mol. The number of hydrogen-bond acceptors (Lipinski definition) is 6. The predicted octanol–water partition coefficient (Wildman–Crippen LogP) is 5.81. The van der Waals surface area contributed by atoms with E-state index in [1.807, 2.05) is 13.8 Å². The van der Waals surface area contributed by atoms with Gasteiger partial charge in [-0.25, -0.2) is 13.6 Å². The number of halogens is 2. The number of aryl methyl sites for hydroxylation is 1. The first-order valence-electron chi connectivity index (χ1n) is 13.2. The quantitative estimate of drug-likeness (QED) is 0.172. The number of nitrogens with zero attached hydrogens (tertiary/aromatic N) is 1. The topological polar surface area (TPSA) is 131 Å². The lowest BCUT2D eigenvalue weighted by Gasteiger charge is -2.40. The van der Waals surface area contributed by atoms with Gasteiger partial charge in [-0.2, -0.15) is 0 Å². The van der Waals surface area contributed by atoms with E-state index >= 15 is 4.39 Å². The molecule has 2 unspecified atom stereocenters. The lowest BCUT2D eigenvalue weighted by molar-refractivity contribution is -0.172. The molecular weight excluding hydrogens is 532 g/mol. The second-order valence-corrected chi connectivity index (χ2v) is 9.58. The van der Waals surface area contributed by atoms with Crippen molar-refractivity contribution in [1.29, 1.82) is 5.41 Å². The van der Waals surface area contributed by atoms with Crippen LogP contribution in [0.15, 0.2) is 48.5 Å². The van der Waals surface area contributed by atoms with Crippen molar-refractivity contribution in [3.63, 3.8) is 0 Å². The maximum absolute atomic E-state index is 16.2. The summed E-state index contributed by atoms with van der Waals surface area (Å²) in [7, 11) is 1.44. The highest BCUT2D eigenvalue weighted by Gasteiger charge is 2.47. The highest BCUT2D eigenvalue weighted by Crippen LogP contribution is 2.48. The van der Waals surface area contributed by atoms with Gasteiger partial charge in [0.15, 0.2) is 5.82 Å². The standard InChI is InChI=1S/C29H27F2N3O5.C2H6/c1-15-11-19(7-8-20(15)30)34-21-12-18(13-32)26(33)25(31)24(21)23(16-3-5-17(6-4-16)28(35)36)27(34)29(37)9-10-39-14-22(29)38-2;1-2/h3-8,11-13,22,32,37H,9-10,14,33H2,1-2H3,(H,35,36);1-2H3. The third-order valence-electron chi connectivity index (χ3n) is 7.37. The van der Waals surface area contributed by atoms with Crippen LogP contribution in [0.4, 0.5) is 14.5 Å². The number of aromatic nitrogens is 1. The zero-order valence-electron chi connectivity index (χ0n) is 23.3. The number of rotatable bonds is 6. The Morgan fingerprint density at radius 1 is 1.20 bits per heavy atom. The molecule has 2 heterocycles. The predicted molar refractivity (Wildman–Crippen MR) is 154 cm³/mol. The summed E-state index contributed by atoms with van der Waals surface area (Å²) in [6.07, 6.45) is 0.180. The first-order valence-corrected chi connectivity index (χ1v) is 13.2. The van der Waals surface area contributed by atoms with Gasteiger partial charge in [0.1, 0.15) is 17.5 Å². The SMILES string of the molecule is CC.COC1COCCC1(O)c1c(-c2ccc(C(=O)O)cc2)c2c(F)c(N)c(C=N)cc2n1-c1ccc(F)c(C)c1. The lowest BCUT2D eigenvalue weighted by atomic mass is 9.83. The van der Waals surface area contributed by atoms with Gasteiger partial charge in [0.25, 0.3) is 0 Å². The number of carboxylic acids is 1. The van der Waals surface area contributed by atoms with Gasteiger partial charge in [0.2, 0.25) is 0 Å². The van der Waals surface area contributed by atoms with Crippen LogP contribution < -0.4 is 5.73 Å². The van der Waals surface area contributed by atoms with E-state index in [-0.39, 0.29) is 58.6 Å². The Balaban J connectivity index is 0.00000189. The fourth-order valence-corrected chi connectivity index (χ4v) is 5.31. The Morgan fingerprint density at radius 2 is 1.88 bits per heavy atom. The maximum atomic E-state index is 16.2. The molecule has 2 atom stereocenters. The number of carbonyl (C=O) groups is 1. The second kappa shape index (κ2) is 11.8. The van der Waals surface area contributed by atoms with Gasteiger partial charge >= 0.3 is 5.97 Å². The summed E-state index contributed by atoms with van der Waals surface area (Å²) in [5, 5.41) is 29.6. The van der Waals surface area contributed by atoms with Crippen molar-refractivity contribution < 1.29 is 33.3 Å². The van der Waals surface area contributed by atoms with Gasteiger partial charge < -0.3 is 35.4 Å². The highest BCUT2D eigenvalue weighted by atomic mass is 19.1. The van der Waals surface area contributed by atoms with Gasteiger partial charge in [0, 0.05) is 48.6 Å². The molecule has 0 amide bonds. The van der Waals surface area contributed by atoms with Crippen LogP contribution in [0.25, 0.3) is 27.7 Å². The number of methoxy groups -OCH3 is 1. The zero-order chi connectivity index (χ0) is 30.1. The molecule has 1 aliphatic heterocycles. The summed E-state index contributed by atoms with van der Waals surface area (Å²) in [5.41, 5.74) is 6.32. The van der Waals surface area contributed by atoms with E-state index < -0.39 is 29.3 Å². The van der Waals surface area contributed by atoms with E-state index in [2.05, 4.69) is 0 Å². The summed E-state index contributed by atoms with van der Waals surface area (Å²) in [5.74, 6) is -2.36. The molecule has 1 saturated heterocycles. The number of nitrogen functional groups attached to an aromatic ring is 1. The van der Waals surface area contributed by atoms with Gasteiger partial charge in [0.05, 0.1) is 29.1 Å². The minimum atomic E-state index is -1.71. The Bertz CT molecular complexity index is 1620. The van der Waals surface area contributed by atoms with Crippen LogP contribution in [0.5, 0.6) is 0 Å². The third-order valence-corrected chi connectivity index (χ3v) is 7.37. The van der Waals surface area contributed by atoms with Crippen molar-refractivity contribution in [2.45, 2.75) is 38.9 Å². The summed E-state index contributed by atoms with van der Waals surface area (Å²) in [6.45, 7) is 5.84. The molecule has 0 saturated carbocycles. The first kappa shape index (κ1) is 29.9. The van der Waals surface area contributed by atoms with E-state index in [4.69, 9.17) is 20.6 Å². The first-order chi connectivity index (χ1) is 19.6. The molecule has 5 N–H and O–H groups in total. The van der Waals surface area contributed by atoms with Crippen LogP contribution in [0.1, 0.15) is 47.4 Å². The number of nitrogens with two attached hydrogens (primary N) is 1. The van der Waals surface area contributed by atoms with E-state index in [0.29, 0.717) is 16.8 Å². The molecule has 216 valence electrons. The molecule has 0 aliphatic carbocycles. The summed E-state index contributed by atoms with van der Waals surface area (Å²) >= 11 is 0. The van der Waals surface area contributed by atoms with E-state index in [1.54, 1.807) is 23.6 Å². The second-order valence-electron chi connectivity index (χ2n) is 9.58. The van der Waals surface area contributed by atoms with Crippen LogP contribution in [0.3, 0.4) is 0 Å². The molecular formula is C31H33F2N3O5. The molecule has 8 nitrogen and oxygen atoms in total. The number of aromatic carboxylic acids is 1. The number of hydrogen-bond donors (Lipinski definition) is 4. The smallest absolute Gasteiger partial charge is 0.335 e. The van der Waals surface area contributed by atoms with Crippen molar-refractivity contribution in [2.75, 3.05) is 26.1 Å². The Hall–Kier alpha value is -4.12. The fourth-order valence-electron chi connectivity index (χ4n) is 5.31. The normalized spacial score (nSPS) is 18.6. The van der Waals surface area contributed by atoms with Gasteiger partial charge in [-0.05, 0) is 54.4 Å². The van der Waals surface area contributed by atoms with Crippen molar-refractivity contribution in [1.82, 2.24) is 4.57 Å². The Morgan fingerprint density at radius 3 is 2.46 bits per heavy atom. The highest BCUT2D eigenvalue weighted by molar-refractivity contribution is 6.05. The Labute approximate surface area is 236 Å². The van der Waals surface area contributed by atoms with Gasteiger partial charge in [-0.15, -0.1) is 0 Å². The number of benzene rings is 3. The molecule has 1 aliphatic rings. The third kappa shape index (κ3) is 4.99. The van der Waals surface area contributed by atoms with Crippen LogP contribution in [-0.2, 0) is 15.1 Å². The number of fused-ring (bicyclic) bond motifs is 1. The molecule has 3 aromatic carbocycles. The van der Waals surface area contributed by atoms with Gasteiger partial charge in [-0.1, -0.05) is 26.0 Å². The number of nitrogens with one attached hydrogen (secondary N) is 1. The molecule has 41 heavy (non-hydrogen) atoms. The molecule has 0 spiro atoms. The van der Waals surface area contributed by atoms with Crippen LogP contribution >= 0.6 is 0 Å². The van der Waals surface area contributed by atoms with Gasteiger partial charge in [-0.3, -0.25) is 0 Å². The minimum absolute atomic E-state index is 0.0313. The molecule has 5 rings (SSSR count). The summed E-state index contributed by atoms with van der Waals surface area (Å²) < 4.78 is 43.4. The van der Waals surface area contributed by atoms with E-state index in [1.165, 1.54) is 43.5 Å². The fraction of sp³-hybridized carbons (Fsp3) is 0.290. The molecule has 0 radical (unpaired) electrons. The number of carboxylic acid groups (broad SMARTS) is 1. The van der Waals surface area contributed by atoms with E-state index in [9.17, 15) is 19.4 Å². The van der Waals surface area contributed by atoms with Crippen molar-refractivity contribution >= 4 is 28.8 Å². The summed E-state index contributed by atoms with van der Waals surface area (Å²) in [4.78, 5) is 11.5. The molecule has 4 aromatic rings. The van der Waals surface area contributed by atoms with Crippen LogP contribution in [-0.4, -0.2) is 53.4 Å². The molecule has 10 heteroatoms. The van der Waals surface area contributed by atoms with Crippen LogP contribution in [0.2, 0.25) is 0 Å². The average molecular weight is 566 g/mol. The van der Waals surface area contributed by atoms with E-state index in [0.717, 1.165) is 6.21 Å². The van der Waals surface area contributed by atoms with Crippen molar-refractivity contribution in [3.8, 4) is 16.8 Å². The van der Waals surface area contributed by atoms with Crippen LogP contribution in [0, 0.1) is 24.0 Å². The summed E-state index contributed by atoms with van der Waals surface area (Å²) in [6, 6.07) is 11.8. The van der Waals surface area contributed by atoms with Crippen molar-refractivity contribution in [2.24, 2.45) is 0 Å². The number of anilines is 1. The largest absolute Gasteiger partial charge is 0.478 e. The molecule has 0 bridgehead atoms.